The number of carbonyl (C=O) groups is 2. The van der Waals surface area contributed by atoms with Crippen LogP contribution in [0.3, 0.4) is 0 Å². The van der Waals surface area contributed by atoms with Gasteiger partial charge in [0.25, 0.3) is 0 Å². The van der Waals surface area contributed by atoms with E-state index in [2.05, 4.69) is 27.8 Å². The van der Waals surface area contributed by atoms with E-state index in [-0.39, 0.29) is 18.4 Å². The van der Waals surface area contributed by atoms with Crippen LogP contribution in [0.25, 0.3) is 0 Å². The average Bonchev–Trinajstić information content (AvgIpc) is 2.25. The van der Waals surface area contributed by atoms with Crippen LogP contribution < -0.4 is 11.1 Å². The molecule has 0 saturated carbocycles. The molecule has 108 valence electrons. The Bertz CT molecular complexity index is 529. The molecule has 0 unspecified atom stereocenters. The molecule has 0 fully saturated rings. The second-order valence-corrected chi connectivity index (χ2v) is 5.32. The molecule has 0 bridgehead atoms. The normalized spacial score (nSPS) is 11.8. The summed E-state index contributed by atoms with van der Waals surface area (Å²) in [7, 11) is 0. The molecule has 3 N–H and O–H groups in total. The Morgan fingerprint density at radius 1 is 1.30 bits per heavy atom. The molecule has 0 aliphatic heterocycles. The highest BCUT2D eigenvalue weighted by atomic mass is 79.9. The minimum atomic E-state index is -0.923. The van der Waals surface area contributed by atoms with Gasteiger partial charge in [0.15, 0.2) is 0 Å². The van der Waals surface area contributed by atoms with Crippen molar-refractivity contribution in [2.45, 2.75) is 18.9 Å². The number of benzene rings is 1. The van der Waals surface area contributed by atoms with Crippen LogP contribution in [-0.2, 0) is 16.0 Å². The lowest BCUT2D eigenvalue weighted by molar-refractivity contribution is -0.126. The smallest absolute Gasteiger partial charge is 0.240 e. The summed E-state index contributed by atoms with van der Waals surface area (Å²) in [5.41, 5.74) is 5.31. The largest absolute Gasteiger partial charge is 0.368 e. The van der Waals surface area contributed by atoms with Crippen LogP contribution in [0, 0.1) is 11.6 Å². The van der Waals surface area contributed by atoms with Gasteiger partial charge in [0.1, 0.15) is 17.7 Å². The fraction of sp³-hybridized carbons (Fsp3) is 0.231. The van der Waals surface area contributed by atoms with Gasteiger partial charge >= 0.3 is 0 Å². The maximum absolute atomic E-state index is 13.0. The number of primary amides is 1. The monoisotopic (exact) mass is 346 g/mol. The van der Waals surface area contributed by atoms with Crippen molar-refractivity contribution in [2.24, 2.45) is 5.73 Å². The molecule has 1 rings (SSSR count). The van der Waals surface area contributed by atoms with E-state index in [0.717, 1.165) is 12.1 Å². The molecular weight excluding hydrogens is 334 g/mol. The minimum Gasteiger partial charge on any atom is -0.368 e. The van der Waals surface area contributed by atoms with E-state index in [1.54, 1.807) is 0 Å². The van der Waals surface area contributed by atoms with Crippen molar-refractivity contribution in [1.29, 1.82) is 0 Å². The third-order valence-electron chi connectivity index (χ3n) is 2.39. The fourth-order valence-electron chi connectivity index (χ4n) is 1.59. The van der Waals surface area contributed by atoms with Crippen LogP contribution in [-0.4, -0.2) is 17.9 Å². The van der Waals surface area contributed by atoms with E-state index < -0.39 is 29.5 Å². The number of hydrogen-bond acceptors (Lipinski definition) is 2. The maximum Gasteiger partial charge on any atom is 0.240 e. The first-order chi connectivity index (χ1) is 9.27. The number of halogens is 3. The van der Waals surface area contributed by atoms with E-state index >= 15 is 0 Å². The lowest BCUT2D eigenvalue weighted by Gasteiger charge is -2.14. The van der Waals surface area contributed by atoms with Crippen LogP contribution in [0.1, 0.15) is 12.0 Å². The van der Waals surface area contributed by atoms with Crippen LogP contribution in [0.15, 0.2) is 29.3 Å². The van der Waals surface area contributed by atoms with E-state index in [0.29, 0.717) is 10.5 Å². The molecule has 7 heteroatoms. The average molecular weight is 347 g/mol. The van der Waals surface area contributed by atoms with Gasteiger partial charge in [0.05, 0.1) is 6.42 Å². The van der Waals surface area contributed by atoms with Crippen LogP contribution in [0.4, 0.5) is 8.78 Å². The van der Waals surface area contributed by atoms with Crippen molar-refractivity contribution in [2.75, 3.05) is 0 Å². The Labute approximate surface area is 123 Å². The summed E-state index contributed by atoms with van der Waals surface area (Å²) in [4.78, 5) is 22.9. The third kappa shape index (κ3) is 5.48. The second kappa shape index (κ2) is 7.14. The predicted molar refractivity (Wildman–Crippen MR) is 73.9 cm³/mol. The van der Waals surface area contributed by atoms with Gasteiger partial charge in [0, 0.05) is 12.5 Å². The summed E-state index contributed by atoms with van der Waals surface area (Å²) in [5.74, 6) is -2.82. The molecule has 1 aromatic rings. The zero-order chi connectivity index (χ0) is 15.3. The summed E-state index contributed by atoms with van der Waals surface area (Å²) in [6.07, 6.45) is -0.119. The van der Waals surface area contributed by atoms with Crippen molar-refractivity contribution in [1.82, 2.24) is 5.32 Å². The Balaban J connectivity index is 2.70. The molecule has 4 nitrogen and oxygen atoms in total. The maximum atomic E-state index is 13.0. The quantitative estimate of drug-likeness (QED) is 0.823. The van der Waals surface area contributed by atoms with E-state index in [9.17, 15) is 18.4 Å². The highest BCUT2D eigenvalue weighted by Gasteiger charge is 2.18. The summed E-state index contributed by atoms with van der Waals surface area (Å²) in [6.45, 7) is 3.55. The van der Waals surface area contributed by atoms with Crippen LogP contribution in [0.2, 0.25) is 0 Å². The molecule has 0 aliphatic rings. The minimum absolute atomic E-state index is 0.137. The van der Waals surface area contributed by atoms with Crippen molar-refractivity contribution in [3.63, 3.8) is 0 Å². The molecule has 20 heavy (non-hydrogen) atoms. The first kappa shape index (κ1) is 16.3. The molecule has 1 atom stereocenters. The zero-order valence-electron chi connectivity index (χ0n) is 10.5. The molecule has 0 heterocycles. The first-order valence-corrected chi connectivity index (χ1v) is 6.44. The molecule has 1 aromatic carbocycles. The van der Waals surface area contributed by atoms with Crippen LogP contribution >= 0.6 is 15.9 Å². The molecule has 0 spiro atoms. The van der Waals surface area contributed by atoms with Gasteiger partial charge in [-0.1, -0.05) is 22.5 Å². The van der Waals surface area contributed by atoms with Gasteiger partial charge in [-0.05, 0) is 22.2 Å². The molecule has 0 saturated heterocycles. The van der Waals surface area contributed by atoms with Gasteiger partial charge in [-0.15, -0.1) is 0 Å². The number of amides is 2. The van der Waals surface area contributed by atoms with Gasteiger partial charge in [0.2, 0.25) is 11.8 Å². The standard InChI is InChI=1S/C13H13BrF2N2O2/c1-7(14)2-11(13(17)20)18-12(19)5-8-3-9(15)6-10(16)4-8/h3-4,6,11H,1-2,5H2,(H2,17,20)(H,18,19)/t11-/m1/s1. The number of carbonyl (C=O) groups excluding carboxylic acids is 2. The Morgan fingerprint density at radius 3 is 2.30 bits per heavy atom. The predicted octanol–water partition coefficient (Wildman–Crippen LogP) is 1.78. The molecular formula is C13H13BrF2N2O2. The topological polar surface area (TPSA) is 72.2 Å². The number of rotatable bonds is 6. The summed E-state index contributed by atoms with van der Waals surface area (Å²) in [5, 5.41) is 2.39. The summed E-state index contributed by atoms with van der Waals surface area (Å²) >= 11 is 3.07. The zero-order valence-corrected chi connectivity index (χ0v) is 12.0. The Kier molecular flexibility index (Phi) is 5.82. The first-order valence-electron chi connectivity index (χ1n) is 5.65. The van der Waals surface area contributed by atoms with Crippen molar-refractivity contribution in [3.05, 3.63) is 46.5 Å². The van der Waals surface area contributed by atoms with E-state index in [4.69, 9.17) is 5.73 Å². The summed E-state index contributed by atoms with van der Waals surface area (Å²) in [6, 6.07) is 1.88. The highest BCUT2D eigenvalue weighted by Crippen LogP contribution is 2.11. The fourth-order valence-corrected chi connectivity index (χ4v) is 1.91. The lowest BCUT2D eigenvalue weighted by atomic mass is 10.1. The molecule has 2 amide bonds. The number of hydrogen-bond donors (Lipinski definition) is 2. The van der Waals surface area contributed by atoms with Crippen molar-refractivity contribution < 1.29 is 18.4 Å². The van der Waals surface area contributed by atoms with Gasteiger partial charge in [-0.25, -0.2) is 8.78 Å². The summed E-state index contributed by atoms with van der Waals surface area (Å²) < 4.78 is 26.5. The SMILES string of the molecule is C=C(Br)C[C@@H](NC(=O)Cc1cc(F)cc(F)c1)C(N)=O. The van der Waals surface area contributed by atoms with E-state index in [1.165, 1.54) is 0 Å². The Morgan fingerprint density at radius 2 is 1.85 bits per heavy atom. The Hall–Kier alpha value is -1.76. The van der Waals surface area contributed by atoms with Crippen molar-refractivity contribution in [3.8, 4) is 0 Å². The van der Waals surface area contributed by atoms with Gasteiger partial charge in [-0.2, -0.15) is 0 Å². The van der Waals surface area contributed by atoms with Crippen LogP contribution in [0.5, 0.6) is 0 Å². The van der Waals surface area contributed by atoms with Gasteiger partial charge in [-0.3, -0.25) is 9.59 Å². The highest BCUT2D eigenvalue weighted by molar-refractivity contribution is 9.11. The number of nitrogens with two attached hydrogens (primary N) is 1. The molecule has 0 radical (unpaired) electrons. The van der Waals surface area contributed by atoms with E-state index in [1.807, 2.05) is 0 Å². The van der Waals surface area contributed by atoms with Crippen molar-refractivity contribution >= 4 is 27.7 Å². The van der Waals surface area contributed by atoms with Gasteiger partial charge < -0.3 is 11.1 Å². The second-order valence-electron chi connectivity index (χ2n) is 4.20. The number of nitrogens with one attached hydrogen (secondary N) is 1. The lowest BCUT2D eigenvalue weighted by Crippen LogP contribution is -2.45. The third-order valence-corrected chi connectivity index (χ3v) is 2.72. The molecule has 0 aliphatic carbocycles. The molecule has 0 aromatic heterocycles.